The zero-order chi connectivity index (χ0) is 12.7. The average molecular weight is 248 g/mol. The molecule has 1 aromatic rings. The van der Waals surface area contributed by atoms with Crippen LogP contribution in [-0.2, 0) is 4.74 Å². The minimum atomic E-state index is -0.214. The molecule has 0 aromatic carbocycles. The molecule has 0 saturated heterocycles. The summed E-state index contributed by atoms with van der Waals surface area (Å²) in [7, 11) is 0. The molecule has 4 nitrogen and oxygen atoms in total. The number of nitrogens with zero attached hydrogens (tertiary/aromatic N) is 2. The first-order chi connectivity index (χ1) is 8.72. The number of esters is 1. The van der Waals surface area contributed by atoms with Crippen LogP contribution in [0, 0.1) is 5.92 Å². The lowest BCUT2D eigenvalue weighted by atomic mass is 10.1. The van der Waals surface area contributed by atoms with Crippen LogP contribution in [0.4, 0.5) is 0 Å². The third kappa shape index (κ3) is 2.04. The third-order valence-electron chi connectivity index (χ3n) is 3.98. The van der Waals surface area contributed by atoms with E-state index < -0.39 is 0 Å². The largest absolute Gasteiger partial charge is 0.462 e. The second kappa shape index (κ2) is 4.41. The van der Waals surface area contributed by atoms with Crippen molar-refractivity contribution in [3.63, 3.8) is 0 Å². The molecule has 98 valence electrons. The normalized spacial score (nSPS) is 20.8. The predicted molar refractivity (Wildman–Crippen MR) is 67.6 cm³/mol. The van der Waals surface area contributed by atoms with Crippen molar-refractivity contribution < 1.29 is 9.53 Å². The van der Waals surface area contributed by atoms with Crippen LogP contribution in [0.3, 0.4) is 0 Å². The van der Waals surface area contributed by atoms with Crippen LogP contribution >= 0.6 is 0 Å². The fourth-order valence-corrected chi connectivity index (χ4v) is 2.60. The summed E-state index contributed by atoms with van der Waals surface area (Å²) < 4.78 is 7.21. The molecule has 2 aliphatic carbocycles. The number of carbonyl (C=O) groups is 1. The maximum absolute atomic E-state index is 11.9. The van der Waals surface area contributed by atoms with Gasteiger partial charge in [0.25, 0.3) is 0 Å². The van der Waals surface area contributed by atoms with Gasteiger partial charge >= 0.3 is 5.97 Å². The van der Waals surface area contributed by atoms with Gasteiger partial charge in [-0.3, -0.25) is 4.68 Å². The van der Waals surface area contributed by atoms with E-state index in [1.54, 1.807) is 6.20 Å². The lowest BCUT2D eigenvalue weighted by molar-refractivity contribution is 0.0524. The second-order valence-electron chi connectivity index (χ2n) is 5.46. The quantitative estimate of drug-likeness (QED) is 0.752. The Hall–Kier alpha value is -1.32. The first kappa shape index (κ1) is 11.8. The fraction of sp³-hybridized carbons (Fsp3) is 0.714. The zero-order valence-electron chi connectivity index (χ0n) is 11.1. The molecule has 1 unspecified atom stereocenters. The number of carbonyl (C=O) groups excluding carboxylic acids is 1. The highest BCUT2D eigenvalue weighted by Crippen LogP contribution is 2.46. The summed E-state index contributed by atoms with van der Waals surface area (Å²) in [6.45, 7) is 4.48. The van der Waals surface area contributed by atoms with Gasteiger partial charge in [0.05, 0.1) is 24.5 Å². The van der Waals surface area contributed by atoms with Gasteiger partial charge in [0.15, 0.2) is 0 Å². The first-order valence-electron chi connectivity index (χ1n) is 6.97. The van der Waals surface area contributed by atoms with E-state index in [0.717, 1.165) is 11.6 Å². The van der Waals surface area contributed by atoms with Crippen molar-refractivity contribution in [3.05, 3.63) is 17.5 Å². The van der Waals surface area contributed by atoms with Gasteiger partial charge in [-0.05, 0) is 45.4 Å². The van der Waals surface area contributed by atoms with E-state index in [0.29, 0.717) is 24.1 Å². The van der Waals surface area contributed by atoms with E-state index >= 15 is 0 Å². The SMILES string of the molecule is CCOC(=O)c1cnn(C(C)C2CC2)c1C1CC1. The average Bonchev–Trinajstić information content (AvgIpc) is 3.25. The number of hydrogen-bond donors (Lipinski definition) is 0. The van der Waals surface area contributed by atoms with Crippen LogP contribution in [0.1, 0.15) is 67.5 Å². The maximum atomic E-state index is 11.9. The molecule has 4 heteroatoms. The smallest absolute Gasteiger partial charge is 0.341 e. The van der Waals surface area contributed by atoms with E-state index in [4.69, 9.17) is 4.74 Å². The van der Waals surface area contributed by atoms with Crippen LogP contribution < -0.4 is 0 Å². The van der Waals surface area contributed by atoms with Gasteiger partial charge < -0.3 is 4.74 Å². The Morgan fingerprint density at radius 2 is 2.22 bits per heavy atom. The Morgan fingerprint density at radius 3 is 2.78 bits per heavy atom. The van der Waals surface area contributed by atoms with Gasteiger partial charge in [0.2, 0.25) is 0 Å². The number of aromatic nitrogens is 2. The standard InChI is InChI=1S/C14H20N2O2/c1-3-18-14(17)12-8-15-16(9(2)10-4-5-10)13(12)11-6-7-11/h8-11H,3-7H2,1-2H3. The minimum Gasteiger partial charge on any atom is -0.462 e. The lowest BCUT2D eigenvalue weighted by Crippen LogP contribution is -2.14. The van der Waals surface area contributed by atoms with Crippen molar-refractivity contribution >= 4 is 5.97 Å². The van der Waals surface area contributed by atoms with E-state index in [-0.39, 0.29) is 5.97 Å². The molecule has 0 aliphatic heterocycles. The maximum Gasteiger partial charge on any atom is 0.341 e. The second-order valence-corrected chi connectivity index (χ2v) is 5.46. The molecule has 2 saturated carbocycles. The monoisotopic (exact) mass is 248 g/mol. The summed E-state index contributed by atoms with van der Waals surface area (Å²) in [5.74, 6) is 1.05. The van der Waals surface area contributed by atoms with Crippen molar-refractivity contribution in [2.45, 2.75) is 51.5 Å². The van der Waals surface area contributed by atoms with E-state index in [1.807, 2.05) is 6.92 Å². The molecule has 0 N–H and O–H groups in total. The van der Waals surface area contributed by atoms with Crippen LogP contribution in [0.2, 0.25) is 0 Å². The van der Waals surface area contributed by atoms with Gasteiger partial charge in [-0.25, -0.2) is 4.79 Å². The number of hydrogen-bond acceptors (Lipinski definition) is 3. The summed E-state index contributed by atoms with van der Waals surface area (Å²) in [6, 6.07) is 0.420. The summed E-state index contributed by atoms with van der Waals surface area (Å²) in [5, 5.41) is 4.46. The van der Waals surface area contributed by atoms with E-state index in [9.17, 15) is 4.79 Å². The van der Waals surface area contributed by atoms with Crippen LogP contribution in [0.25, 0.3) is 0 Å². The Bertz CT molecular complexity index is 458. The van der Waals surface area contributed by atoms with Crippen molar-refractivity contribution in [2.24, 2.45) is 5.92 Å². The Balaban J connectivity index is 1.92. The molecule has 2 fully saturated rings. The molecule has 0 bridgehead atoms. The van der Waals surface area contributed by atoms with Crippen LogP contribution in [-0.4, -0.2) is 22.4 Å². The lowest BCUT2D eigenvalue weighted by Gasteiger charge is -2.15. The predicted octanol–water partition coefficient (Wildman–Crippen LogP) is 2.91. The molecule has 1 atom stereocenters. The molecule has 2 aliphatic rings. The van der Waals surface area contributed by atoms with E-state index in [1.165, 1.54) is 25.7 Å². The first-order valence-corrected chi connectivity index (χ1v) is 6.97. The minimum absolute atomic E-state index is 0.214. The van der Waals surface area contributed by atoms with Gasteiger partial charge in [-0.15, -0.1) is 0 Å². The highest BCUT2D eigenvalue weighted by molar-refractivity contribution is 5.90. The molecular formula is C14H20N2O2. The summed E-state index contributed by atoms with van der Waals surface area (Å²) in [6.07, 6.45) is 6.63. The van der Waals surface area contributed by atoms with Crippen LogP contribution in [0.15, 0.2) is 6.20 Å². The molecule has 0 radical (unpaired) electrons. The molecule has 0 spiro atoms. The van der Waals surface area contributed by atoms with Crippen molar-refractivity contribution in [2.75, 3.05) is 6.61 Å². The Kier molecular flexibility index (Phi) is 2.88. The Labute approximate surface area is 107 Å². The number of ether oxygens (including phenoxy) is 1. The molecule has 1 aromatic heterocycles. The van der Waals surface area contributed by atoms with E-state index in [2.05, 4.69) is 16.7 Å². The Morgan fingerprint density at radius 1 is 1.50 bits per heavy atom. The highest BCUT2D eigenvalue weighted by atomic mass is 16.5. The molecule has 1 heterocycles. The van der Waals surface area contributed by atoms with Gasteiger partial charge in [0.1, 0.15) is 5.56 Å². The van der Waals surface area contributed by atoms with Gasteiger partial charge in [0, 0.05) is 5.92 Å². The fourth-order valence-electron chi connectivity index (χ4n) is 2.60. The highest BCUT2D eigenvalue weighted by Gasteiger charge is 2.37. The topological polar surface area (TPSA) is 44.1 Å². The van der Waals surface area contributed by atoms with Gasteiger partial charge in [-0.2, -0.15) is 5.10 Å². The van der Waals surface area contributed by atoms with Crippen LogP contribution in [0.5, 0.6) is 0 Å². The summed E-state index contributed by atoms with van der Waals surface area (Å²) in [5.41, 5.74) is 1.81. The van der Waals surface area contributed by atoms with Crippen molar-refractivity contribution in [1.82, 2.24) is 9.78 Å². The molecule has 0 amide bonds. The third-order valence-corrected chi connectivity index (χ3v) is 3.98. The summed E-state index contributed by atoms with van der Waals surface area (Å²) >= 11 is 0. The van der Waals surface area contributed by atoms with Crippen molar-refractivity contribution in [1.29, 1.82) is 0 Å². The molecule has 3 rings (SSSR count). The van der Waals surface area contributed by atoms with Gasteiger partial charge in [-0.1, -0.05) is 0 Å². The molecule has 18 heavy (non-hydrogen) atoms. The number of rotatable bonds is 5. The zero-order valence-corrected chi connectivity index (χ0v) is 11.1. The molecular weight excluding hydrogens is 228 g/mol. The van der Waals surface area contributed by atoms with Crippen molar-refractivity contribution in [3.8, 4) is 0 Å². The summed E-state index contributed by atoms with van der Waals surface area (Å²) in [4.78, 5) is 11.9.